The van der Waals surface area contributed by atoms with Gasteiger partial charge in [-0.15, -0.1) is 0 Å². The zero-order valence-corrected chi connectivity index (χ0v) is 11.5. The van der Waals surface area contributed by atoms with Crippen molar-refractivity contribution in [3.63, 3.8) is 0 Å². The number of amides is 2. The van der Waals surface area contributed by atoms with Crippen LogP contribution in [0.2, 0.25) is 0 Å². The van der Waals surface area contributed by atoms with Crippen molar-refractivity contribution in [2.75, 3.05) is 20.3 Å². The van der Waals surface area contributed by atoms with Crippen molar-refractivity contribution in [2.24, 2.45) is 5.41 Å². The number of allylic oxidation sites excluding steroid dienone is 1. The van der Waals surface area contributed by atoms with Crippen LogP contribution in [0.25, 0.3) is 0 Å². The van der Waals surface area contributed by atoms with Crippen molar-refractivity contribution >= 4 is 11.8 Å². The molecular formula is C14H22N2O3. The van der Waals surface area contributed by atoms with Gasteiger partial charge in [0, 0.05) is 37.6 Å². The molecule has 1 aliphatic heterocycles. The molecule has 2 rings (SSSR count). The first kappa shape index (κ1) is 14.1. The van der Waals surface area contributed by atoms with Crippen LogP contribution >= 0.6 is 0 Å². The number of carbonyl (C=O) groups is 2. The van der Waals surface area contributed by atoms with Crippen molar-refractivity contribution in [1.82, 2.24) is 10.6 Å². The minimum Gasteiger partial charge on any atom is -0.384 e. The second kappa shape index (κ2) is 6.19. The maximum atomic E-state index is 11.7. The molecule has 2 amide bonds. The van der Waals surface area contributed by atoms with E-state index in [1.165, 1.54) is 0 Å². The molecule has 106 valence electrons. The monoisotopic (exact) mass is 266 g/mol. The van der Waals surface area contributed by atoms with Crippen LogP contribution in [-0.4, -0.2) is 32.1 Å². The maximum absolute atomic E-state index is 11.7. The lowest BCUT2D eigenvalue weighted by Crippen LogP contribution is -2.48. The summed E-state index contributed by atoms with van der Waals surface area (Å²) in [5.74, 6) is 0.104. The van der Waals surface area contributed by atoms with E-state index in [0.29, 0.717) is 26.0 Å². The molecule has 1 aliphatic carbocycles. The van der Waals surface area contributed by atoms with Crippen LogP contribution < -0.4 is 10.6 Å². The number of piperidine rings is 1. The number of hydrogen-bond acceptors (Lipinski definition) is 3. The van der Waals surface area contributed by atoms with Gasteiger partial charge in [-0.3, -0.25) is 9.59 Å². The lowest BCUT2D eigenvalue weighted by molar-refractivity contribution is -0.123. The zero-order chi connectivity index (χ0) is 13.7. The van der Waals surface area contributed by atoms with Gasteiger partial charge in [-0.05, 0) is 25.7 Å². The number of carbonyl (C=O) groups excluding carboxylic acids is 2. The van der Waals surface area contributed by atoms with Gasteiger partial charge in [-0.2, -0.15) is 0 Å². The molecule has 0 aromatic heterocycles. The van der Waals surface area contributed by atoms with Crippen LogP contribution in [0, 0.1) is 5.41 Å². The number of ether oxygens (including phenoxy) is 1. The van der Waals surface area contributed by atoms with E-state index < -0.39 is 0 Å². The lowest BCUT2D eigenvalue weighted by Gasteiger charge is -2.42. The van der Waals surface area contributed by atoms with Gasteiger partial charge in [0.1, 0.15) is 0 Å². The first-order chi connectivity index (χ1) is 9.16. The van der Waals surface area contributed by atoms with Crippen LogP contribution in [0.4, 0.5) is 0 Å². The molecule has 5 nitrogen and oxygen atoms in total. The van der Waals surface area contributed by atoms with Crippen LogP contribution in [0.15, 0.2) is 11.8 Å². The molecule has 2 aliphatic rings. The third-order valence-electron chi connectivity index (χ3n) is 4.04. The second-order valence-electron chi connectivity index (χ2n) is 5.36. The fraction of sp³-hybridized carbons (Fsp3) is 0.714. The predicted octanol–water partition coefficient (Wildman–Crippen LogP) is 1.10. The molecule has 1 saturated heterocycles. The van der Waals surface area contributed by atoms with Gasteiger partial charge < -0.3 is 15.4 Å². The van der Waals surface area contributed by atoms with Crippen molar-refractivity contribution in [2.45, 2.75) is 38.5 Å². The fourth-order valence-corrected chi connectivity index (χ4v) is 2.87. The smallest absolute Gasteiger partial charge is 0.224 e. The van der Waals surface area contributed by atoms with Crippen molar-refractivity contribution in [1.29, 1.82) is 0 Å². The molecule has 1 atom stereocenters. The number of fused-ring (bicyclic) bond motifs is 1. The van der Waals surface area contributed by atoms with Gasteiger partial charge in [0.25, 0.3) is 0 Å². The number of methoxy groups -OCH3 is 1. The summed E-state index contributed by atoms with van der Waals surface area (Å²) in [5.41, 5.74) is 0.955. The summed E-state index contributed by atoms with van der Waals surface area (Å²) in [4.78, 5) is 23.2. The van der Waals surface area contributed by atoms with Crippen molar-refractivity contribution in [3.8, 4) is 0 Å². The Morgan fingerprint density at radius 1 is 1.53 bits per heavy atom. The largest absolute Gasteiger partial charge is 0.384 e. The van der Waals surface area contributed by atoms with E-state index >= 15 is 0 Å². The Morgan fingerprint density at radius 3 is 3.16 bits per heavy atom. The minimum atomic E-state index is -0.0606. The van der Waals surface area contributed by atoms with E-state index in [-0.39, 0.29) is 17.2 Å². The number of hydrogen-bond donors (Lipinski definition) is 2. The van der Waals surface area contributed by atoms with Crippen LogP contribution in [0.3, 0.4) is 0 Å². The molecule has 0 spiro atoms. The summed E-state index contributed by atoms with van der Waals surface area (Å²) < 4.78 is 4.89. The molecular weight excluding hydrogens is 244 g/mol. The van der Waals surface area contributed by atoms with E-state index in [2.05, 4.69) is 16.7 Å². The fourth-order valence-electron chi connectivity index (χ4n) is 2.87. The van der Waals surface area contributed by atoms with Crippen LogP contribution in [0.1, 0.15) is 38.5 Å². The standard InChI is InChI=1S/C14H22N2O3/c1-19-9-6-12(17)15-10-14-7-3-2-4-11(14)16-13(18)5-8-14/h4H,2-3,5-10H2,1H3,(H,15,17)(H,16,18)/t14-/m0/s1. The Kier molecular flexibility index (Phi) is 4.58. The third kappa shape index (κ3) is 3.35. The summed E-state index contributed by atoms with van der Waals surface area (Å²) in [6.07, 6.45) is 7.03. The lowest BCUT2D eigenvalue weighted by atomic mass is 9.70. The third-order valence-corrected chi connectivity index (χ3v) is 4.04. The molecule has 0 saturated carbocycles. The highest BCUT2D eigenvalue weighted by Gasteiger charge is 2.40. The van der Waals surface area contributed by atoms with Gasteiger partial charge >= 0.3 is 0 Å². The highest BCUT2D eigenvalue weighted by molar-refractivity contribution is 5.80. The Bertz CT molecular complexity index is 392. The van der Waals surface area contributed by atoms with Crippen molar-refractivity contribution < 1.29 is 14.3 Å². The SMILES string of the molecule is COCCC(=O)NC[C@@]12CCCC=C1NC(=O)CC2. The Morgan fingerprint density at radius 2 is 2.37 bits per heavy atom. The summed E-state index contributed by atoms with van der Waals surface area (Å²) in [7, 11) is 1.59. The highest BCUT2D eigenvalue weighted by atomic mass is 16.5. The zero-order valence-electron chi connectivity index (χ0n) is 11.5. The van der Waals surface area contributed by atoms with Gasteiger partial charge in [0.15, 0.2) is 0 Å². The molecule has 1 fully saturated rings. The summed E-state index contributed by atoms with van der Waals surface area (Å²) in [6, 6.07) is 0. The van der Waals surface area contributed by atoms with Crippen molar-refractivity contribution in [3.05, 3.63) is 11.8 Å². The Labute approximate surface area is 113 Å². The van der Waals surface area contributed by atoms with E-state index in [1.807, 2.05) is 0 Å². The van der Waals surface area contributed by atoms with Crippen LogP contribution in [0.5, 0.6) is 0 Å². The second-order valence-corrected chi connectivity index (χ2v) is 5.36. The first-order valence-corrected chi connectivity index (χ1v) is 6.92. The van der Waals surface area contributed by atoms with Crippen LogP contribution in [-0.2, 0) is 14.3 Å². The Hall–Kier alpha value is -1.36. The van der Waals surface area contributed by atoms with E-state index in [4.69, 9.17) is 4.74 Å². The van der Waals surface area contributed by atoms with Gasteiger partial charge in [0.2, 0.25) is 11.8 Å². The average Bonchev–Trinajstić information content (AvgIpc) is 2.43. The first-order valence-electron chi connectivity index (χ1n) is 6.92. The normalized spacial score (nSPS) is 26.2. The summed E-state index contributed by atoms with van der Waals surface area (Å²) >= 11 is 0. The van der Waals surface area contributed by atoms with E-state index in [0.717, 1.165) is 31.4 Å². The van der Waals surface area contributed by atoms with Gasteiger partial charge in [0.05, 0.1) is 6.61 Å². The average molecular weight is 266 g/mol. The van der Waals surface area contributed by atoms with E-state index in [1.54, 1.807) is 7.11 Å². The molecule has 0 aromatic rings. The molecule has 0 radical (unpaired) electrons. The molecule has 5 heteroatoms. The van der Waals surface area contributed by atoms with Gasteiger partial charge in [-0.25, -0.2) is 0 Å². The minimum absolute atomic E-state index is 0.0121. The maximum Gasteiger partial charge on any atom is 0.224 e. The molecule has 2 N–H and O–H groups in total. The summed E-state index contributed by atoms with van der Waals surface area (Å²) in [5, 5.41) is 5.95. The van der Waals surface area contributed by atoms with Gasteiger partial charge in [-0.1, -0.05) is 6.08 Å². The predicted molar refractivity (Wildman–Crippen MR) is 71.2 cm³/mol. The summed E-state index contributed by atoms with van der Waals surface area (Å²) in [6.45, 7) is 1.06. The number of rotatable bonds is 5. The molecule has 0 bridgehead atoms. The Balaban J connectivity index is 1.96. The molecule has 19 heavy (non-hydrogen) atoms. The highest BCUT2D eigenvalue weighted by Crippen LogP contribution is 2.42. The molecule has 0 aromatic carbocycles. The molecule has 1 heterocycles. The van der Waals surface area contributed by atoms with E-state index in [9.17, 15) is 9.59 Å². The number of nitrogens with one attached hydrogen (secondary N) is 2. The topological polar surface area (TPSA) is 67.4 Å². The molecule has 0 unspecified atom stereocenters. The quantitative estimate of drug-likeness (QED) is 0.783.